The molecule has 1 amide bonds. The van der Waals surface area contributed by atoms with Crippen LogP contribution >= 0.6 is 0 Å². The summed E-state index contributed by atoms with van der Waals surface area (Å²) < 4.78 is 24.1. The average molecular weight is 381 g/mol. The van der Waals surface area contributed by atoms with Crippen molar-refractivity contribution in [1.29, 1.82) is 0 Å². The summed E-state index contributed by atoms with van der Waals surface area (Å²) in [4.78, 5) is 20.7. The van der Waals surface area contributed by atoms with Crippen LogP contribution < -0.4 is 9.64 Å². The number of ether oxygens (including phenoxy) is 1. The third-order valence-corrected chi connectivity index (χ3v) is 4.66. The minimum Gasteiger partial charge on any atom is -0.486 e. The highest BCUT2D eigenvalue weighted by Gasteiger charge is 2.24. The van der Waals surface area contributed by atoms with Crippen molar-refractivity contribution in [2.45, 2.75) is 6.61 Å². The maximum absolute atomic E-state index is 12.9. The van der Waals surface area contributed by atoms with E-state index in [-0.39, 0.29) is 18.3 Å². The molecule has 1 aromatic carbocycles. The Morgan fingerprint density at radius 2 is 1.71 bits per heavy atom. The van der Waals surface area contributed by atoms with Crippen LogP contribution in [0.25, 0.3) is 0 Å². The predicted molar refractivity (Wildman–Crippen MR) is 102 cm³/mol. The van der Waals surface area contributed by atoms with Crippen molar-refractivity contribution in [1.82, 2.24) is 9.88 Å². The van der Waals surface area contributed by atoms with Gasteiger partial charge >= 0.3 is 0 Å². The molecule has 3 heterocycles. The second kappa shape index (κ2) is 8.12. The number of carbonyl (C=O) groups excluding carboxylic acids is 1. The van der Waals surface area contributed by atoms with Crippen molar-refractivity contribution < 1.29 is 18.3 Å². The number of benzene rings is 1. The number of furan rings is 1. The molecule has 6 nitrogen and oxygen atoms in total. The molecule has 28 heavy (non-hydrogen) atoms. The number of amides is 1. The van der Waals surface area contributed by atoms with Gasteiger partial charge in [-0.1, -0.05) is 0 Å². The summed E-state index contributed by atoms with van der Waals surface area (Å²) in [5.41, 5.74) is 1.11. The Morgan fingerprint density at radius 1 is 1.00 bits per heavy atom. The number of carbonyl (C=O) groups is 1. The number of piperazine rings is 1. The lowest BCUT2D eigenvalue weighted by Gasteiger charge is -2.35. The molecule has 1 aliphatic rings. The summed E-state index contributed by atoms with van der Waals surface area (Å²) in [6.07, 6.45) is 3.54. The largest absolute Gasteiger partial charge is 0.486 e. The molecule has 0 bridgehead atoms. The number of anilines is 1. The van der Waals surface area contributed by atoms with Crippen LogP contribution in [-0.2, 0) is 6.61 Å². The summed E-state index contributed by atoms with van der Waals surface area (Å²) in [6, 6.07) is 13.1. The fourth-order valence-electron chi connectivity index (χ4n) is 3.13. The van der Waals surface area contributed by atoms with Gasteiger partial charge in [-0.15, -0.1) is 0 Å². The molecule has 0 atom stereocenters. The first kappa shape index (κ1) is 18.0. The topological polar surface area (TPSA) is 58.8 Å². The molecule has 0 radical (unpaired) electrons. The van der Waals surface area contributed by atoms with Gasteiger partial charge in [0.15, 0.2) is 5.76 Å². The number of nitrogens with zero attached hydrogens (tertiary/aromatic N) is 3. The Kier molecular flexibility index (Phi) is 5.23. The van der Waals surface area contributed by atoms with Crippen LogP contribution in [0.15, 0.2) is 65.3 Å². The molecule has 0 spiro atoms. The Morgan fingerprint density at radius 3 is 2.43 bits per heavy atom. The van der Waals surface area contributed by atoms with E-state index in [0.29, 0.717) is 30.4 Å². The van der Waals surface area contributed by atoms with Crippen LogP contribution in [0.5, 0.6) is 5.75 Å². The standard InChI is InChI=1S/C21H20FN3O3/c22-16-1-3-18(4-2-16)27-15-19-5-6-20(28-19)21(26)25-13-11-24(12-14-25)17-7-9-23-10-8-17/h1-10H,11-15H2. The highest BCUT2D eigenvalue weighted by atomic mass is 19.1. The zero-order valence-electron chi connectivity index (χ0n) is 15.3. The SMILES string of the molecule is O=C(c1ccc(COc2ccc(F)cc2)o1)N1CCN(c2ccncc2)CC1. The highest BCUT2D eigenvalue weighted by molar-refractivity contribution is 5.91. The van der Waals surface area contributed by atoms with Crippen molar-refractivity contribution in [3.63, 3.8) is 0 Å². The van der Waals surface area contributed by atoms with Crippen molar-refractivity contribution in [3.05, 3.63) is 78.3 Å². The van der Waals surface area contributed by atoms with E-state index in [9.17, 15) is 9.18 Å². The fraction of sp³-hybridized carbons (Fsp3) is 0.238. The van der Waals surface area contributed by atoms with Crippen LogP contribution in [0.4, 0.5) is 10.1 Å². The van der Waals surface area contributed by atoms with Gasteiger partial charge in [0.05, 0.1) is 0 Å². The minimum atomic E-state index is -0.317. The van der Waals surface area contributed by atoms with Gasteiger partial charge in [-0.05, 0) is 48.5 Å². The summed E-state index contributed by atoms with van der Waals surface area (Å²) in [6.45, 7) is 2.95. The maximum Gasteiger partial charge on any atom is 0.289 e. The lowest BCUT2D eigenvalue weighted by atomic mass is 10.2. The van der Waals surface area contributed by atoms with Crippen molar-refractivity contribution >= 4 is 11.6 Å². The quantitative estimate of drug-likeness (QED) is 0.678. The molecular weight excluding hydrogens is 361 g/mol. The molecule has 7 heteroatoms. The molecule has 1 fully saturated rings. The number of rotatable bonds is 5. The van der Waals surface area contributed by atoms with Gasteiger partial charge in [0.2, 0.25) is 0 Å². The molecule has 0 aliphatic carbocycles. The number of pyridine rings is 1. The number of halogens is 1. The number of hydrogen-bond acceptors (Lipinski definition) is 5. The fourth-order valence-corrected chi connectivity index (χ4v) is 3.13. The van der Waals surface area contributed by atoms with E-state index in [2.05, 4.69) is 9.88 Å². The lowest BCUT2D eigenvalue weighted by molar-refractivity contribution is 0.0710. The van der Waals surface area contributed by atoms with Crippen LogP contribution in [0.2, 0.25) is 0 Å². The van der Waals surface area contributed by atoms with Crippen LogP contribution in [0, 0.1) is 5.82 Å². The monoisotopic (exact) mass is 381 g/mol. The molecule has 0 unspecified atom stereocenters. The van der Waals surface area contributed by atoms with E-state index in [1.165, 1.54) is 12.1 Å². The first-order chi connectivity index (χ1) is 13.7. The summed E-state index contributed by atoms with van der Waals surface area (Å²) in [5.74, 6) is 0.945. The smallest absolute Gasteiger partial charge is 0.289 e. The van der Waals surface area contributed by atoms with Gasteiger partial charge in [0.1, 0.15) is 23.9 Å². The molecule has 0 N–H and O–H groups in total. The van der Waals surface area contributed by atoms with Crippen LogP contribution in [0.1, 0.15) is 16.3 Å². The second-order valence-electron chi connectivity index (χ2n) is 6.49. The third-order valence-electron chi connectivity index (χ3n) is 4.66. The molecule has 4 rings (SSSR count). The van der Waals surface area contributed by atoms with Crippen LogP contribution in [0.3, 0.4) is 0 Å². The van der Waals surface area contributed by atoms with Crippen LogP contribution in [-0.4, -0.2) is 42.0 Å². The first-order valence-corrected chi connectivity index (χ1v) is 9.10. The molecule has 2 aromatic heterocycles. The lowest BCUT2D eigenvalue weighted by Crippen LogP contribution is -2.48. The maximum atomic E-state index is 12.9. The molecule has 3 aromatic rings. The van der Waals surface area contributed by atoms with E-state index < -0.39 is 0 Å². The van der Waals surface area contributed by atoms with E-state index in [1.807, 2.05) is 12.1 Å². The van der Waals surface area contributed by atoms with Gasteiger partial charge < -0.3 is 19.0 Å². The average Bonchev–Trinajstić information content (AvgIpc) is 3.23. The number of aromatic nitrogens is 1. The third kappa shape index (κ3) is 4.14. The molecule has 144 valence electrons. The predicted octanol–water partition coefficient (Wildman–Crippen LogP) is 3.36. The minimum absolute atomic E-state index is 0.123. The van der Waals surface area contributed by atoms with Gasteiger partial charge in [-0.2, -0.15) is 0 Å². The Balaban J connectivity index is 1.31. The Labute approximate surface area is 162 Å². The second-order valence-corrected chi connectivity index (χ2v) is 6.49. The van der Waals surface area contributed by atoms with Gasteiger partial charge in [0, 0.05) is 44.3 Å². The van der Waals surface area contributed by atoms with E-state index in [4.69, 9.17) is 9.15 Å². The van der Waals surface area contributed by atoms with Gasteiger partial charge in [-0.3, -0.25) is 9.78 Å². The Hall–Kier alpha value is -3.35. The summed E-state index contributed by atoms with van der Waals surface area (Å²) >= 11 is 0. The van der Waals surface area contributed by atoms with Gasteiger partial charge in [0.25, 0.3) is 5.91 Å². The summed E-state index contributed by atoms with van der Waals surface area (Å²) in [5, 5.41) is 0. The molecule has 0 saturated carbocycles. The molecule has 1 saturated heterocycles. The van der Waals surface area contributed by atoms with Crippen molar-refractivity contribution in [3.8, 4) is 5.75 Å². The number of hydrogen-bond donors (Lipinski definition) is 0. The van der Waals surface area contributed by atoms with Gasteiger partial charge in [-0.25, -0.2) is 4.39 Å². The van der Waals surface area contributed by atoms with E-state index in [1.54, 1.807) is 41.6 Å². The normalized spacial score (nSPS) is 14.2. The Bertz CT molecular complexity index is 920. The zero-order chi connectivity index (χ0) is 19.3. The zero-order valence-corrected chi connectivity index (χ0v) is 15.3. The molecule has 1 aliphatic heterocycles. The highest BCUT2D eigenvalue weighted by Crippen LogP contribution is 2.18. The first-order valence-electron chi connectivity index (χ1n) is 9.10. The van der Waals surface area contributed by atoms with Crippen molar-refractivity contribution in [2.75, 3.05) is 31.1 Å². The molecular formula is C21H20FN3O3. The van der Waals surface area contributed by atoms with Crippen molar-refractivity contribution in [2.24, 2.45) is 0 Å². The van der Waals surface area contributed by atoms with E-state index in [0.717, 1.165) is 18.8 Å². The summed E-state index contributed by atoms with van der Waals surface area (Å²) in [7, 11) is 0. The van der Waals surface area contributed by atoms with E-state index >= 15 is 0 Å².